The molecule has 0 aliphatic heterocycles. The minimum Gasteiger partial charge on any atom is -0.497 e. The van der Waals surface area contributed by atoms with Gasteiger partial charge in [0.25, 0.3) is 10.0 Å². The fourth-order valence-electron chi connectivity index (χ4n) is 3.99. The van der Waals surface area contributed by atoms with Crippen molar-refractivity contribution in [3.8, 4) is 5.75 Å². The van der Waals surface area contributed by atoms with Crippen LogP contribution in [-0.2, 0) is 26.2 Å². The number of nitrogens with one attached hydrogen (secondary N) is 1. The maximum atomic E-state index is 13.9. The number of aryl methyl sites for hydroxylation is 1. The normalized spacial score (nSPS) is 12.1. The molecular formula is C30H37N3O5S. The Morgan fingerprint density at radius 3 is 2.18 bits per heavy atom. The van der Waals surface area contributed by atoms with Crippen LogP contribution in [-0.4, -0.2) is 51.4 Å². The lowest BCUT2D eigenvalue weighted by Gasteiger charge is -2.32. The molecule has 1 N–H and O–H groups in total. The van der Waals surface area contributed by atoms with E-state index in [1.807, 2.05) is 39.0 Å². The van der Waals surface area contributed by atoms with Crippen molar-refractivity contribution >= 4 is 27.5 Å². The van der Waals surface area contributed by atoms with Crippen LogP contribution in [0.1, 0.15) is 31.9 Å². The SMILES string of the molecule is COc1ccc(CN(C(=O)CN(c2cccc(C)c2)S(=O)(=O)c2ccccc2)[C@@H](C)C(=O)NCC(C)C)cc1. The van der Waals surface area contributed by atoms with E-state index in [9.17, 15) is 18.0 Å². The van der Waals surface area contributed by atoms with E-state index in [1.54, 1.807) is 62.6 Å². The van der Waals surface area contributed by atoms with Crippen LogP contribution in [0, 0.1) is 12.8 Å². The minimum atomic E-state index is -4.08. The van der Waals surface area contributed by atoms with Crippen molar-refractivity contribution in [2.45, 2.75) is 45.2 Å². The van der Waals surface area contributed by atoms with Gasteiger partial charge in [-0.3, -0.25) is 13.9 Å². The summed E-state index contributed by atoms with van der Waals surface area (Å²) in [6.45, 7) is 7.59. The Bertz CT molecular complexity index is 1360. The third-order valence-electron chi connectivity index (χ3n) is 6.26. The molecule has 0 saturated heterocycles. The Morgan fingerprint density at radius 1 is 0.923 bits per heavy atom. The number of carbonyl (C=O) groups excluding carboxylic acids is 2. The Morgan fingerprint density at radius 2 is 1.59 bits per heavy atom. The number of amides is 2. The minimum absolute atomic E-state index is 0.0729. The summed E-state index contributed by atoms with van der Waals surface area (Å²) < 4.78 is 33.9. The number of hydrogen-bond acceptors (Lipinski definition) is 5. The molecule has 0 radical (unpaired) electrons. The Hall–Kier alpha value is -3.85. The third-order valence-corrected chi connectivity index (χ3v) is 8.05. The summed E-state index contributed by atoms with van der Waals surface area (Å²) in [7, 11) is -2.51. The predicted octanol–water partition coefficient (Wildman–Crippen LogP) is 4.39. The van der Waals surface area contributed by atoms with Gasteiger partial charge < -0.3 is 15.0 Å². The first-order chi connectivity index (χ1) is 18.5. The topological polar surface area (TPSA) is 96.0 Å². The van der Waals surface area contributed by atoms with Gasteiger partial charge in [0.05, 0.1) is 17.7 Å². The third kappa shape index (κ3) is 7.83. The molecule has 39 heavy (non-hydrogen) atoms. The van der Waals surface area contributed by atoms with E-state index in [4.69, 9.17) is 4.74 Å². The quantitative estimate of drug-likeness (QED) is 0.360. The van der Waals surface area contributed by atoms with Crippen LogP contribution in [0.3, 0.4) is 0 Å². The van der Waals surface area contributed by atoms with Gasteiger partial charge in [-0.15, -0.1) is 0 Å². The van der Waals surface area contributed by atoms with Crippen molar-refractivity contribution in [2.75, 3.05) is 24.5 Å². The molecule has 3 aromatic rings. The maximum Gasteiger partial charge on any atom is 0.264 e. The highest BCUT2D eigenvalue weighted by Gasteiger charge is 2.32. The summed E-state index contributed by atoms with van der Waals surface area (Å²) in [5.74, 6) is 0.0938. The van der Waals surface area contributed by atoms with Gasteiger partial charge >= 0.3 is 0 Å². The highest BCUT2D eigenvalue weighted by Crippen LogP contribution is 2.25. The summed E-state index contributed by atoms with van der Waals surface area (Å²) in [5.41, 5.74) is 2.00. The molecule has 0 aliphatic carbocycles. The highest BCUT2D eigenvalue weighted by atomic mass is 32.2. The number of hydrogen-bond donors (Lipinski definition) is 1. The van der Waals surface area contributed by atoms with Gasteiger partial charge in [0.15, 0.2) is 0 Å². The van der Waals surface area contributed by atoms with Crippen molar-refractivity contribution in [1.29, 1.82) is 0 Å². The molecule has 3 aromatic carbocycles. The van der Waals surface area contributed by atoms with Crippen LogP contribution in [0.2, 0.25) is 0 Å². The first-order valence-electron chi connectivity index (χ1n) is 12.9. The van der Waals surface area contributed by atoms with E-state index in [0.717, 1.165) is 15.4 Å². The molecule has 8 nitrogen and oxygen atoms in total. The van der Waals surface area contributed by atoms with Gasteiger partial charge in [0.1, 0.15) is 18.3 Å². The fraction of sp³-hybridized carbons (Fsp3) is 0.333. The number of nitrogens with zero attached hydrogens (tertiary/aromatic N) is 2. The molecule has 0 aliphatic rings. The van der Waals surface area contributed by atoms with Crippen molar-refractivity contribution in [3.05, 3.63) is 90.0 Å². The summed E-state index contributed by atoms with van der Waals surface area (Å²) in [6.07, 6.45) is 0. The number of methoxy groups -OCH3 is 1. The molecular weight excluding hydrogens is 514 g/mol. The van der Waals surface area contributed by atoms with Crippen molar-refractivity contribution in [2.24, 2.45) is 5.92 Å². The number of carbonyl (C=O) groups is 2. The zero-order valence-corrected chi connectivity index (χ0v) is 23.9. The van der Waals surface area contributed by atoms with E-state index in [1.165, 1.54) is 17.0 Å². The number of anilines is 1. The molecule has 2 amide bonds. The van der Waals surface area contributed by atoms with Crippen LogP contribution >= 0.6 is 0 Å². The number of benzene rings is 3. The standard InChI is InChI=1S/C30H37N3O5S/c1-22(2)19-31-30(35)24(4)32(20-25-14-16-27(38-5)17-15-25)29(34)21-33(26-11-9-10-23(3)18-26)39(36,37)28-12-7-6-8-13-28/h6-18,22,24H,19-21H2,1-5H3,(H,31,35)/t24-/m0/s1. The molecule has 0 heterocycles. The predicted molar refractivity (Wildman–Crippen MR) is 153 cm³/mol. The zero-order valence-electron chi connectivity index (χ0n) is 23.1. The Balaban J connectivity index is 1.99. The second-order valence-electron chi connectivity index (χ2n) is 9.85. The lowest BCUT2D eigenvalue weighted by Crippen LogP contribution is -2.51. The van der Waals surface area contributed by atoms with Crippen LogP contribution in [0.25, 0.3) is 0 Å². The fourth-order valence-corrected chi connectivity index (χ4v) is 5.42. The van der Waals surface area contributed by atoms with Gasteiger partial charge in [-0.2, -0.15) is 0 Å². The van der Waals surface area contributed by atoms with Gasteiger partial charge in [-0.05, 0) is 67.3 Å². The largest absolute Gasteiger partial charge is 0.497 e. The summed E-state index contributed by atoms with van der Waals surface area (Å²) in [6, 6.07) is 21.4. The first-order valence-corrected chi connectivity index (χ1v) is 14.3. The van der Waals surface area contributed by atoms with Gasteiger partial charge in [-0.25, -0.2) is 8.42 Å². The van der Waals surface area contributed by atoms with Crippen molar-refractivity contribution in [1.82, 2.24) is 10.2 Å². The van der Waals surface area contributed by atoms with Gasteiger partial charge in [-0.1, -0.05) is 56.3 Å². The molecule has 3 rings (SSSR count). The maximum absolute atomic E-state index is 13.9. The molecule has 0 aromatic heterocycles. The second-order valence-corrected chi connectivity index (χ2v) is 11.7. The average Bonchev–Trinajstić information content (AvgIpc) is 2.93. The molecule has 9 heteroatoms. The molecule has 1 atom stereocenters. The molecule has 0 fully saturated rings. The second kappa shape index (κ2) is 13.3. The Labute approximate surface area is 231 Å². The average molecular weight is 552 g/mol. The lowest BCUT2D eigenvalue weighted by molar-refractivity contribution is -0.139. The van der Waals surface area contributed by atoms with Crippen LogP contribution in [0.5, 0.6) is 5.75 Å². The summed E-state index contributed by atoms with van der Waals surface area (Å²) in [4.78, 5) is 28.5. The van der Waals surface area contributed by atoms with E-state index in [0.29, 0.717) is 18.0 Å². The number of rotatable bonds is 12. The van der Waals surface area contributed by atoms with E-state index < -0.39 is 28.5 Å². The molecule has 0 unspecified atom stereocenters. The van der Waals surface area contributed by atoms with E-state index in [2.05, 4.69) is 5.32 Å². The molecule has 0 spiro atoms. The lowest BCUT2D eigenvalue weighted by atomic mass is 10.1. The molecule has 0 bridgehead atoms. The number of ether oxygens (including phenoxy) is 1. The molecule has 208 valence electrons. The van der Waals surface area contributed by atoms with E-state index in [-0.39, 0.29) is 23.3 Å². The zero-order chi connectivity index (χ0) is 28.6. The summed E-state index contributed by atoms with van der Waals surface area (Å²) >= 11 is 0. The van der Waals surface area contributed by atoms with Crippen LogP contribution in [0.15, 0.2) is 83.8 Å². The first kappa shape index (κ1) is 29.7. The molecule has 0 saturated carbocycles. The Kier molecular flexibility index (Phi) is 10.1. The smallest absolute Gasteiger partial charge is 0.264 e. The van der Waals surface area contributed by atoms with Crippen LogP contribution in [0.4, 0.5) is 5.69 Å². The van der Waals surface area contributed by atoms with Gasteiger partial charge in [0, 0.05) is 13.1 Å². The van der Waals surface area contributed by atoms with E-state index >= 15 is 0 Å². The highest BCUT2D eigenvalue weighted by molar-refractivity contribution is 7.92. The monoisotopic (exact) mass is 551 g/mol. The van der Waals surface area contributed by atoms with Gasteiger partial charge in [0.2, 0.25) is 11.8 Å². The number of sulfonamides is 1. The van der Waals surface area contributed by atoms with Crippen LogP contribution < -0.4 is 14.4 Å². The summed E-state index contributed by atoms with van der Waals surface area (Å²) in [5, 5.41) is 2.89. The van der Waals surface area contributed by atoms with Crippen molar-refractivity contribution < 1.29 is 22.7 Å². The van der Waals surface area contributed by atoms with Crippen molar-refractivity contribution in [3.63, 3.8) is 0 Å².